The summed E-state index contributed by atoms with van der Waals surface area (Å²) in [5, 5.41) is 7.31. The summed E-state index contributed by atoms with van der Waals surface area (Å²) in [5.74, 6) is 0. The average molecular weight is 453 g/mol. The highest BCUT2D eigenvalue weighted by atomic mass is 35.5. The SMILES string of the molecule is CC(C)(CCCNc1ccc(CNCCCP(=O)(O)O)cc1Cl)Cc1ccccc1. The molecular formula is C23H34ClN2O3P. The lowest BCUT2D eigenvalue weighted by Crippen LogP contribution is -2.17. The smallest absolute Gasteiger partial charge is 0.325 e. The molecule has 7 heteroatoms. The van der Waals surface area contributed by atoms with Crippen LogP contribution >= 0.6 is 19.2 Å². The molecule has 2 aromatic rings. The number of rotatable bonds is 13. The van der Waals surface area contributed by atoms with Crippen LogP contribution in [0.4, 0.5) is 5.69 Å². The van der Waals surface area contributed by atoms with E-state index in [-0.39, 0.29) is 11.6 Å². The van der Waals surface area contributed by atoms with Gasteiger partial charge in [0.15, 0.2) is 0 Å². The van der Waals surface area contributed by atoms with Crippen LogP contribution in [0.5, 0.6) is 0 Å². The van der Waals surface area contributed by atoms with E-state index in [0.717, 1.165) is 37.1 Å². The first kappa shape index (κ1) is 24.9. The molecule has 5 nitrogen and oxygen atoms in total. The van der Waals surface area contributed by atoms with Crippen molar-refractivity contribution >= 4 is 24.9 Å². The second kappa shape index (κ2) is 11.9. The normalized spacial score (nSPS) is 12.2. The maximum atomic E-state index is 10.8. The first-order chi connectivity index (χ1) is 14.1. The number of halogens is 1. The van der Waals surface area contributed by atoms with E-state index in [1.54, 1.807) is 0 Å². The molecule has 0 atom stereocenters. The Morgan fingerprint density at radius 1 is 1.00 bits per heavy atom. The predicted molar refractivity (Wildman–Crippen MR) is 126 cm³/mol. The number of benzene rings is 2. The highest BCUT2D eigenvalue weighted by molar-refractivity contribution is 7.51. The van der Waals surface area contributed by atoms with Gasteiger partial charge in [-0.25, -0.2) is 0 Å². The van der Waals surface area contributed by atoms with Crippen molar-refractivity contribution in [3.05, 3.63) is 64.7 Å². The van der Waals surface area contributed by atoms with Gasteiger partial charge in [0.25, 0.3) is 0 Å². The van der Waals surface area contributed by atoms with Crippen molar-refractivity contribution in [2.75, 3.05) is 24.6 Å². The molecule has 0 saturated carbocycles. The quantitative estimate of drug-likeness (QED) is 0.240. The minimum absolute atomic E-state index is 0.0915. The molecule has 0 unspecified atom stereocenters. The lowest BCUT2D eigenvalue weighted by molar-refractivity contribution is 0.326. The molecule has 0 aliphatic heterocycles. The van der Waals surface area contributed by atoms with E-state index in [2.05, 4.69) is 54.8 Å². The van der Waals surface area contributed by atoms with Crippen LogP contribution in [0.2, 0.25) is 5.02 Å². The van der Waals surface area contributed by atoms with Crippen molar-refractivity contribution in [2.24, 2.45) is 5.41 Å². The molecule has 0 aromatic heterocycles. The lowest BCUT2D eigenvalue weighted by atomic mass is 9.81. The van der Waals surface area contributed by atoms with Crippen molar-refractivity contribution in [3.8, 4) is 0 Å². The first-order valence-electron chi connectivity index (χ1n) is 10.5. The topological polar surface area (TPSA) is 81.6 Å². The second-order valence-corrected chi connectivity index (χ2v) is 10.8. The Labute approximate surface area is 185 Å². The van der Waals surface area contributed by atoms with Gasteiger partial charge in [-0.3, -0.25) is 4.57 Å². The maximum absolute atomic E-state index is 10.8. The van der Waals surface area contributed by atoms with E-state index in [1.165, 1.54) is 5.56 Å². The highest BCUT2D eigenvalue weighted by Gasteiger charge is 2.18. The Morgan fingerprint density at radius 3 is 2.40 bits per heavy atom. The van der Waals surface area contributed by atoms with Gasteiger partial charge in [0, 0.05) is 13.1 Å². The van der Waals surface area contributed by atoms with E-state index in [0.29, 0.717) is 24.5 Å². The Kier molecular flexibility index (Phi) is 9.86. The summed E-state index contributed by atoms with van der Waals surface area (Å²) in [6.45, 7) is 6.68. The lowest BCUT2D eigenvalue weighted by Gasteiger charge is -2.25. The van der Waals surface area contributed by atoms with Gasteiger partial charge in [-0.1, -0.05) is 61.8 Å². The highest BCUT2D eigenvalue weighted by Crippen LogP contribution is 2.34. The molecule has 0 spiro atoms. The number of anilines is 1. The molecule has 2 rings (SSSR count). The first-order valence-corrected chi connectivity index (χ1v) is 12.6. The molecule has 0 heterocycles. The van der Waals surface area contributed by atoms with Crippen molar-refractivity contribution in [1.29, 1.82) is 0 Å². The van der Waals surface area contributed by atoms with Crippen molar-refractivity contribution in [1.82, 2.24) is 5.32 Å². The van der Waals surface area contributed by atoms with Gasteiger partial charge < -0.3 is 20.4 Å². The standard InChI is InChI=1S/C23H34ClN2O3P/c1-23(2,17-19-8-4-3-5-9-19)12-6-14-26-22-11-10-20(16-21(22)24)18-25-13-7-15-30(27,28)29/h3-5,8-11,16,25-26H,6-7,12-15,17-18H2,1-2H3,(H2,27,28,29). The summed E-state index contributed by atoms with van der Waals surface area (Å²) >= 11 is 6.41. The summed E-state index contributed by atoms with van der Waals surface area (Å²) in [4.78, 5) is 17.7. The Morgan fingerprint density at radius 2 is 1.73 bits per heavy atom. The fourth-order valence-electron chi connectivity index (χ4n) is 3.48. The molecule has 0 fully saturated rings. The van der Waals surface area contributed by atoms with Crippen LogP contribution in [0.15, 0.2) is 48.5 Å². The monoisotopic (exact) mass is 452 g/mol. The fraction of sp³-hybridized carbons (Fsp3) is 0.478. The third-order valence-corrected chi connectivity index (χ3v) is 6.25. The van der Waals surface area contributed by atoms with E-state index < -0.39 is 7.60 Å². The van der Waals surface area contributed by atoms with Crippen LogP contribution in [0, 0.1) is 5.41 Å². The number of hydrogen-bond acceptors (Lipinski definition) is 3. The Bertz CT molecular complexity index is 824. The summed E-state index contributed by atoms with van der Waals surface area (Å²) < 4.78 is 10.8. The average Bonchev–Trinajstić information content (AvgIpc) is 2.66. The zero-order valence-corrected chi connectivity index (χ0v) is 19.6. The van der Waals surface area contributed by atoms with Crippen molar-refractivity contribution in [2.45, 2.75) is 46.1 Å². The van der Waals surface area contributed by atoms with Crippen molar-refractivity contribution in [3.63, 3.8) is 0 Å². The van der Waals surface area contributed by atoms with Gasteiger partial charge in [0.1, 0.15) is 0 Å². The van der Waals surface area contributed by atoms with Gasteiger partial charge in [0.05, 0.1) is 16.9 Å². The zero-order valence-electron chi connectivity index (χ0n) is 17.9. The van der Waals surface area contributed by atoms with Crippen LogP contribution in [0.3, 0.4) is 0 Å². The molecular weight excluding hydrogens is 419 g/mol. The molecule has 0 radical (unpaired) electrons. The minimum Gasteiger partial charge on any atom is -0.384 e. The van der Waals surface area contributed by atoms with E-state index in [9.17, 15) is 4.57 Å². The molecule has 166 valence electrons. The number of hydrogen-bond donors (Lipinski definition) is 4. The molecule has 0 bridgehead atoms. The van der Waals surface area contributed by atoms with Gasteiger partial charge in [-0.05, 0) is 60.9 Å². The summed E-state index contributed by atoms with van der Waals surface area (Å²) in [6.07, 6.45) is 3.62. The van der Waals surface area contributed by atoms with Gasteiger partial charge >= 0.3 is 7.60 Å². The Hall–Kier alpha value is -1.36. The summed E-state index contributed by atoms with van der Waals surface area (Å²) in [6, 6.07) is 16.6. The molecule has 0 aliphatic carbocycles. The second-order valence-electron chi connectivity index (χ2n) is 8.59. The Balaban J connectivity index is 1.69. The maximum Gasteiger partial charge on any atom is 0.325 e. The van der Waals surface area contributed by atoms with Crippen LogP contribution in [0.1, 0.15) is 44.2 Å². The summed E-state index contributed by atoms with van der Waals surface area (Å²) in [7, 11) is -3.90. The van der Waals surface area contributed by atoms with E-state index >= 15 is 0 Å². The molecule has 30 heavy (non-hydrogen) atoms. The van der Waals surface area contributed by atoms with Crippen LogP contribution in [0.25, 0.3) is 0 Å². The predicted octanol–water partition coefficient (Wildman–Crippen LogP) is 5.46. The third kappa shape index (κ3) is 10.1. The van der Waals surface area contributed by atoms with Crippen LogP contribution in [-0.4, -0.2) is 29.0 Å². The molecule has 0 saturated heterocycles. The van der Waals surface area contributed by atoms with Crippen LogP contribution < -0.4 is 10.6 Å². The molecule has 0 aliphatic rings. The van der Waals surface area contributed by atoms with Crippen LogP contribution in [-0.2, 0) is 17.5 Å². The van der Waals surface area contributed by atoms with Crippen molar-refractivity contribution < 1.29 is 14.4 Å². The molecule has 0 amide bonds. The minimum atomic E-state index is -3.90. The van der Waals surface area contributed by atoms with Gasteiger partial charge in [-0.2, -0.15) is 0 Å². The molecule has 2 aromatic carbocycles. The van der Waals surface area contributed by atoms with E-state index in [4.69, 9.17) is 21.4 Å². The third-order valence-electron chi connectivity index (χ3n) is 5.04. The molecule has 4 N–H and O–H groups in total. The van der Waals surface area contributed by atoms with Gasteiger partial charge in [0.2, 0.25) is 0 Å². The zero-order chi connectivity index (χ0) is 22.0. The number of nitrogens with one attached hydrogen (secondary N) is 2. The summed E-state index contributed by atoms with van der Waals surface area (Å²) in [5.41, 5.74) is 3.61. The fourth-order valence-corrected chi connectivity index (χ4v) is 4.32. The van der Waals surface area contributed by atoms with Gasteiger partial charge in [-0.15, -0.1) is 0 Å². The largest absolute Gasteiger partial charge is 0.384 e. The van der Waals surface area contributed by atoms with E-state index in [1.807, 2.05) is 18.2 Å².